The summed E-state index contributed by atoms with van der Waals surface area (Å²) in [5, 5.41) is 13.1. The van der Waals surface area contributed by atoms with Crippen molar-refractivity contribution in [2.75, 3.05) is 31.6 Å². The average Bonchev–Trinajstić information content (AvgIpc) is 2.89. The van der Waals surface area contributed by atoms with Gasteiger partial charge in [-0.05, 0) is 91.7 Å². The maximum Gasteiger partial charge on any atom is 0.243 e. The van der Waals surface area contributed by atoms with Crippen molar-refractivity contribution in [2.45, 2.75) is 63.4 Å². The fourth-order valence-electron chi connectivity index (χ4n) is 6.43. The van der Waals surface area contributed by atoms with Crippen LogP contribution in [0, 0.1) is 20.8 Å². The summed E-state index contributed by atoms with van der Waals surface area (Å²) in [6, 6.07) is 19.8. The molecular formula is C32H39N3O4S. The molecule has 2 aliphatic heterocycles. The first-order valence-corrected chi connectivity index (χ1v) is 15.5. The summed E-state index contributed by atoms with van der Waals surface area (Å²) in [6.07, 6.45) is 1.64. The molecule has 1 amide bonds. The summed E-state index contributed by atoms with van der Waals surface area (Å²) in [5.41, 5.74) is 7.20. The molecule has 1 unspecified atom stereocenters. The number of aryl methyl sites for hydroxylation is 2. The summed E-state index contributed by atoms with van der Waals surface area (Å²) in [5.74, 6) is -0.160. The van der Waals surface area contributed by atoms with Gasteiger partial charge in [-0.2, -0.15) is 4.31 Å². The van der Waals surface area contributed by atoms with Gasteiger partial charge in [0.2, 0.25) is 15.9 Å². The second-order valence-corrected chi connectivity index (χ2v) is 13.1. The molecular weight excluding hydrogens is 522 g/mol. The number of aliphatic hydroxyl groups excluding tert-OH is 1. The number of carbonyl (C=O) groups is 1. The molecule has 3 atom stereocenters. The van der Waals surface area contributed by atoms with E-state index in [0.29, 0.717) is 24.3 Å². The minimum atomic E-state index is -3.75. The van der Waals surface area contributed by atoms with Crippen molar-refractivity contribution in [1.29, 1.82) is 0 Å². The van der Waals surface area contributed by atoms with Crippen molar-refractivity contribution in [3.63, 3.8) is 0 Å². The number of rotatable bonds is 6. The fraction of sp³-hybridized carbons (Fsp3) is 0.406. The lowest BCUT2D eigenvalue weighted by molar-refractivity contribution is -0.114. The maximum atomic E-state index is 13.9. The van der Waals surface area contributed by atoms with Gasteiger partial charge in [0.25, 0.3) is 0 Å². The Hall–Kier alpha value is -3.04. The Morgan fingerprint density at radius 1 is 0.975 bits per heavy atom. The van der Waals surface area contributed by atoms with E-state index >= 15 is 0 Å². The topological polar surface area (TPSA) is 90.0 Å². The second kappa shape index (κ2) is 11.4. The van der Waals surface area contributed by atoms with Crippen molar-refractivity contribution in [2.24, 2.45) is 0 Å². The van der Waals surface area contributed by atoms with Crippen LogP contribution in [0.4, 0.5) is 5.69 Å². The normalized spacial score (nSPS) is 22.1. The molecule has 0 spiro atoms. The standard InChI is InChI=1S/C32H39N3O4S/c1-21-8-7-9-28(23(21)3)25-10-12-26(13-11-25)32-29-19-34(16-5-6-17-35(29)30(32)20-36)40(38,39)31-15-14-27(18-22(31)2)33-24(4)37/h7-15,18,29-30,32,36H,5-6,16-17,19-20H2,1-4H3,(H,33,37)/t29-,30+,32?/m0/s1. The Kier molecular flexibility index (Phi) is 8.15. The van der Waals surface area contributed by atoms with E-state index in [-0.39, 0.29) is 35.4 Å². The highest BCUT2D eigenvalue weighted by Crippen LogP contribution is 2.43. The monoisotopic (exact) mass is 561 g/mol. The SMILES string of the molecule is CC(=O)Nc1ccc(S(=O)(=O)N2CCCCN3[C@H](CO)C(c4ccc(-c5cccc(C)c5C)cc4)[C@@H]3C2)c(C)c1. The average molecular weight is 562 g/mol. The van der Waals surface area contributed by atoms with Crippen LogP contribution in [0.1, 0.15) is 47.9 Å². The van der Waals surface area contributed by atoms with Gasteiger partial charge in [-0.25, -0.2) is 8.42 Å². The van der Waals surface area contributed by atoms with Gasteiger partial charge in [-0.1, -0.05) is 42.5 Å². The first-order chi connectivity index (χ1) is 19.1. The summed E-state index contributed by atoms with van der Waals surface area (Å²) in [7, 11) is -3.75. The molecule has 3 aromatic rings. The van der Waals surface area contributed by atoms with E-state index in [1.54, 1.807) is 29.4 Å². The third kappa shape index (κ3) is 5.33. The third-order valence-corrected chi connectivity index (χ3v) is 10.7. The predicted octanol–water partition coefficient (Wildman–Crippen LogP) is 4.85. The number of carbonyl (C=O) groups excluding carboxylic acids is 1. The molecule has 0 saturated carbocycles. The summed E-state index contributed by atoms with van der Waals surface area (Å²) < 4.78 is 29.4. The highest BCUT2D eigenvalue weighted by Gasteiger charge is 2.50. The van der Waals surface area contributed by atoms with Gasteiger partial charge >= 0.3 is 0 Å². The van der Waals surface area contributed by atoms with E-state index in [2.05, 4.69) is 66.5 Å². The molecule has 2 N–H and O–H groups in total. The predicted molar refractivity (Wildman–Crippen MR) is 159 cm³/mol. The molecule has 7 nitrogen and oxygen atoms in total. The quantitative estimate of drug-likeness (QED) is 0.449. The van der Waals surface area contributed by atoms with Crippen LogP contribution in [0.3, 0.4) is 0 Å². The van der Waals surface area contributed by atoms with Gasteiger partial charge < -0.3 is 10.4 Å². The van der Waals surface area contributed by atoms with Crippen LogP contribution in [-0.2, 0) is 14.8 Å². The van der Waals surface area contributed by atoms with E-state index in [0.717, 1.165) is 30.5 Å². The number of amides is 1. The molecule has 2 fully saturated rings. The minimum Gasteiger partial charge on any atom is -0.395 e. The molecule has 8 heteroatoms. The number of nitrogens with one attached hydrogen (secondary N) is 1. The zero-order valence-electron chi connectivity index (χ0n) is 23.7. The van der Waals surface area contributed by atoms with Crippen LogP contribution in [0.25, 0.3) is 11.1 Å². The minimum absolute atomic E-state index is 0.0160. The summed E-state index contributed by atoms with van der Waals surface area (Å²) in [4.78, 5) is 14.0. The Bertz CT molecular complexity index is 1500. The van der Waals surface area contributed by atoms with E-state index in [1.165, 1.54) is 23.6 Å². The number of nitrogens with zero attached hydrogens (tertiary/aromatic N) is 2. The van der Waals surface area contributed by atoms with Crippen LogP contribution in [0.2, 0.25) is 0 Å². The van der Waals surface area contributed by atoms with Crippen molar-refractivity contribution in [3.05, 3.63) is 82.9 Å². The molecule has 212 valence electrons. The van der Waals surface area contributed by atoms with Crippen molar-refractivity contribution in [3.8, 4) is 11.1 Å². The smallest absolute Gasteiger partial charge is 0.243 e. The molecule has 5 rings (SSSR count). The lowest BCUT2D eigenvalue weighted by Crippen LogP contribution is -2.67. The number of anilines is 1. The first kappa shape index (κ1) is 28.5. The van der Waals surface area contributed by atoms with E-state index < -0.39 is 10.0 Å². The highest BCUT2D eigenvalue weighted by molar-refractivity contribution is 7.89. The van der Waals surface area contributed by atoms with Crippen LogP contribution in [0.5, 0.6) is 0 Å². The number of sulfonamides is 1. The van der Waals surface area contributed by atoms with Crippen molar-refractivity contribution < 1.29 is 18.3 Å². The number of hydrogen-bond acceptors (Lipinski definition) is 5. The van der Waals surface area contributed by atoms with Crippen LogP contribution >= 0.6 is 0 Å². The summed E-state index contributed by atoms with van der Waals surface area (Å²) >= 11 is 0. The molecule has 0 aliphatic carbocycles. The number of hydrogen-bond donors (Lipinski definition) is 2. The molecule has 0 bridgehead atoms. The molecule has 0 radical (unpaired) electrons. The van der Waals surface area contributed by atoms with Gasteiger partial charge in [-0.15, -0.1) is 0 Å². The van der Waals surface area contributed by atoms with Crippen LogP contribution in [-0.4, -0.2) is 67.0 Å². The highest BCUT2D eigenvalue weighted by atomic mass is 32.2. The third-order valence-electron chi connectivity index (χ3n) is 8.66. The molecule has 40 heavy (non-hydrogen) atoms. The number of fused-ring (bicyclic) bond motifs is 1. The van der Waals surface area contributed by atoms with Gasteiger partial charge in [-0.3, -0.25) is 9.69 Å². The summed E-state index contributed by atoms with van der Waals surface area (Å²) in [6.45, 7) is 9.17. The molecule has 0 aromatic heterocycles. The second-order valence-electron chi connectivity index (χ2n) is 11.2. The number of aliphatic hydroxyl groups is 1. The fourth-order valence-corrected chi connectivity index (χ4v) is 8.14. The largest absolute Gasteiger partial charge is 0.395 e. The van der Waals surface area contributed by atoms with Gasteiger partial charge in [0.1, 0.15) is 0 Å². The van der Waals surface area contributed by atoms with Crippen LogP contribution in [0.15, 0.2) is 65.6 Å². The Morgan fingerprint density at radius 3 is 2.38 bits per heavy atom. The van der Waals surface area contributed by atoms with Crippen molar-refractivity contribution in [1.82, 2.24) is 9.21 Å². The Morgan fingerprint density at radius 2 is 1.70 bits per heavy atom. The molecule has 2 aliphatic rings. The lowest BCUT2D eigenvalue weighted by atomic mass is 9.74. The first-order valence-electron chi connectivity index (χ1n) is 14.0. The zero-order valence-corrected chi connectivity index (χ0v) is 24.5. The van der Waals surface area contributed by atoms with E-state index in [1.807, 2.05) is 0 Å². The van der Waals surface area contributed by atoms with Crippen LogP contribution < -0.4 is 5.32 Å². The zero-order chi connectivity index (χ0) is 28.6. The van der Waals surface area contributed by atoms with Gasteiger partial charge in [0, 0.05) is 43.7 Å². The Balaban J connectivity index is 1.42. The van der Waals surface area contributed by atoms with Crippen molar-refractivity contribution >= 4 is 21.6 Å². The van der Waals surface area contributed by atoms with E-state index in [4.69, 9.17) is 0 Å². The maximum absolute atomic E-state index is 13.9. The number of benzene rings is 3. The van der Waals surface area contributed by atoms with Gasteiger partial charge in [0.05, 0.1) is 11.5 Å². The lowest BCUT2D eigenvalue weighted by Gasteiger charge is -2.57. The molecule has 3 aromatic carbocycles. The van der Waals surface area contributed by atoms with Gasteiger partial charge in [0.15, 0.2) is 0 Å². The molecule has 2 heterocycles. The Labute approximate surface area is 237 Å². The molecule has 2 saturated heterocycles. The van der Waals surface area contributed by atoms with E-state index in [9.17, 15) is 18.3 Å².